The Morgan fingerprint density at radius 3 is 2.70 bits per heavy atom. The molecule has 1 unspecified atom stereocenters. The van der Waals surface area contributed by atoms with Gasteiger partial charge in [0.15, 0.2) is 18.1 Å². The summed E-state index contributed by atoms with van der Waals surface area (Å²) in [7, 11) is 1.54. The van der Waals surface area contributed by atoms with E-state index in [4.69, 9.17) is 14.2 Å². The molecule has 1 heterocycles. The van der Waals surface area contributed by atoms with Crippen molar-refractivity contribution in [2.75, 3.05) is 26.8 Å². The maximum absolute atomic E-state index is 11.8. The van der Waals surface area contributed by atoms with Crippen molar-refractivity contribution >= 4 is 12.0 Å². The number of ether oxygens (including phenoxy) is 3. The molecule has 1 fully saturated rings. The highest BCUT2D eigenvalue weighted by Gasteiger charge is 2.32. The fourth-order valence-corrected chi connectivity index (χ4v) is 2.23. The molecule has 0 saturated carbocycles. The minimum absolute atomic E-state index is 0.0806. The molecule has 1 aromatic carbocycles. The lowest BCUT2D eigenvalue weighted by molar-refractivity contribution is -0.123. The first-order valence-electron chi connectivity index (χ1n) is 7.51. The molecular weight excluding hydrogens is 300 g/mol. The minimum atomic E-state index is -0.343. The van der Waals surface area contributed by atoms with Crippen molar-refractivity contribution in [3.63, 3.8) is 0 Å². The van der Waals surface area contributed by atoms with Crippen LogP contribution in [0.4, 0.5) is 4.79 Å². The van der Waals surface area contributed by atoms with Gasteiger partial charge >= 0.3 is 6.09 Å². The van der Waals surface area contributed by atoms with E-state index in [9.17, 15) is 9.59 Å². The van der Waals surface area contributed by atoms with Gasteiger partial charge < -0.3 is 24.4 Å². The number of carbonyl (C=O) groups is 2. The first-order chi connectivity index (χ1) is 11.0. The van der Waals surface area contributed by atoms with Crippen molar-refractivity contribution in [2.24, 2.45) is 0 Å². The second kappa shape index (κ2) is 7.71. The van der Waals surface area contributed by atoms with Crippen LogP contribution in [0.2, 0.25) is 0 Å². The van der Waals surface area contributed by atoms with Gasteiger partial charge in [0.1, 0.15) is 6.10 Å². The van der Waals surface area contributed by atoms with Crippen LogP contribution in [0.25, 0.3) is 0 Å². The van der Waals surface area contributed by atoms with Crippen LogP contribution in [0.1, 0.15) is 13.8 Å². The third-order valence-electron chi connectivity index (χ3n) is 3.48. The summed E-state index contributed by atoms with van der Waals surface area (Å²) >= 11 is 0. The number of nitrogens with zero attached hydrogens (tertiary/aromatic N) is 1. The lowest BCUT2D eigenvalue weighted by Gasteiger charge is -2.16. The van der Waals surface area contributed by atoms with Crippen molar-refractivity contribution in [1.29, 1.82) is 0 Å². The molecule has 0 aliphatic carbocycles. The highest BCUT2D eigenvalue weighted by Crippen LogP contribution is 2.25. The predicted molar refractivity (Wildman–Crippen MR) is 83.6 cm³/mol. The standard InChI is InChI=1S/C16H22N2O5/c1-11(2)18-9-12(23-16(18)20)8-17-15(19)10-22-14-7-5-4-6-13(14)21-3/h4-7,11-12H,8-10H2,1-3H3,(H,17,19). The molecule has 0 radical (unpaired) electrons. The molecule has 1 atom stereocenters. The minimum Gasteiger partial charge on any atom is -0.493 e. The second-order valence-corrected chi connectivity index (χ2v) is 5.50. The van der Waals surface area contributed by atoms with Crippen LogP contribution in [-0.2, 0) is 9.53 Å². The highest BCUT2D eigenvalue weighted by atomic mass is 16.6. The van der Waals surface area contributed by atoms with Crippen LogP contribution in [0.15, 0.2) is 24.3 Å². The number of hydrogen-bond acceptors (Lipinski definition) is 5. The molecule has 126 valence electrons. The Balaban J connectivity index is 1.75. The molecular formula is C16H22N2O5. The predicted octanol–water partition coefficient (Wildman–Crippen LogP) is 1.42. The van der Waals surface area contributed by atoms with Crippen molar-refractivity contribution in [3.05, 3.63) is 24.3 Å². The van der Waals surface area contributed by atoms with Gasteiger partial charge in [0.05, 0.1) is 20.2 Å². The van der Waals surface area contributed by atoms with E-state index in [2.05, 4.69) is 5.32 Å². The number of para-hydroxylation sites is 2. The summed E-state index contributed by atoms with van der Waals surface area (Å²) in [6.07, 6.45) is -0.676. The zero-order chi connectivity index (χ0) is 16.8. The third kappa shape index (κ3) is 4.51. The van der Waals surface area contributed by atoms with Crippen LogP contribution < -0.4 is 14.8 Å². The smallest absolute Gasteiger partial charge is 0.410 e. The van der Waals surface area contributed by atoms with Crippen LogP contribution in [0.5, 0.6) is 11.5 Å². The Morgan fingerprint density at radius 1 is 1.39 bits per heavy atom. The molecule has 2 rings (SSSR count). The summed E-state index contributed by atoms with van der Waals surface area (Å²) in [5.41, 5.74) is 0. The Morgan fingerprint density at radius 2 is 2.09 bits per heavy atom. The molecule has 1 aromatic rings. The first kappa shape index (κ1) is 16.9. The first-order valence-corrected chi connectivity index (χ1v) is 7.51. The quantitative estimate of drug-likeness (QED) is 0.821. The molecule has 1 aliphatic rings. The zero-order valence-electron chi connectivity index (χ0n) is 13.6. The lowest BCUT2D eigenvalue weighted by Crippen LogP contribution is -2.38. The van der Waals surface area contributed by atoms with E-state index in [-0.39, 0.29) is 37.3 Å². The summed E-state index contributed by atoms with van der Waals surface area (Å²) in [5.74, 6) is 0.788. The van der Waals surface area contributed by atoms with E-state index in [1.165, 1.54) is 7.11 Å². The molecule has 1 N–H and O–H groups in total. The van der Waals surface area contributed by atoms with Crippen molar-refractivity contribution in [3.8, 4) is 11.5 Å². The largest absolute Gasteiger partial charge is 0.493 e. The van der Waals surface area contributed by atoms with Crippen molar-refractivity contribution < 1.29 is 23.8 Å². The Kier molecular flexibility index (Phi) is 5.67. The number of cyclic esters (lactones) is 1. The number of benzene rings is 1. The van der Waals surface area contributed by atoms with E-state index in [1.54, 1.807) is 23.1 Å². The van der Waals surface area contributed by atoms with Gasteiger partial charge in [-0.1, -0.05) is 12.1 Å². The molecule has 2 amide bonds. The molecule has 7 nitrogen and oxygen atoms in total. The number of nitrogens with one attached hydrogen (secondary N) is 1. The average molecular weight is 322 g/mol. The van der Waals surface area contributed by atoms with Crippen LogP contribution >= 0.6 is 0 Å². The Bertz CT molecular complexity index is 561. The van der Waals surface area contributed by atoms with Gasteiger partial charge in [0, 0.05) is 6.04 Å². The fraction of sp³-hybridized carbons (Fsp3) is 0.500. The number of rotatable bonds is 7. The second-order valence-electron chi connectivity index (χ2n) is 5.50. The summed E-state index contributed by atoms with van der Waals surface area (Å²) in [4.78, 5) is 25.1. The normalized spacial score (nSPS) is 17.1. The number of amides is 2. The number of hydrogen-bond donors (Lipinski definition) is 1. The molecule has 7 heteroatoms. The average Bonchev–Trinajstić information content (AvgIpc) is 2.92. The monoisotopic (exact) mass is 322 g/mol. The maximum Gasteiger partial charge on any atom is 0.410 e. The lowest BCUT2D eigenvalue weighted by atomic mass is 10.3. The maximum atomic E-state index is 11.8. The van der Waals surface area contributed by atoms with Gasteiger partial charge in [-0.15, -0.1) is 0 Å². The molecule has 23 heavy (non-hydrogen) atoms. The molecule has 0 bridgehead atoms. The van der Waals surface area contributed by atoms with Gasteiger partial charge in [-0.05, 0) is 26.0 Å². The van der Waals surface area contributed by atoms with Crippen molar-refractivity contribution in [2.45, 2.75) is 26.0 Å². The van der Waals surface area contributed by atoms with Gasteiger partial charge in [-0.2, -0.15) is 0 Å². The van der Waals surface area contributed by atoms with E-state index < -0.39 is 0 Å². The fourth-order valence-electron chi connectivity index (χ4n) is 2.23. The highest BCUT2D eigenvalue weighted by molar-refractivity contribution is 5.77. The van der Waals surface area contributed by atoms with E-state index in [1.807, 2.05) is 19.9 Å². The zero-order valence-corrected chi connectivity index (χ0v) is 13.6. The number of methoxy groups -OCH3 is 1. The Hall–Kier alpha value is -2.44. The molecule has 0 aromatic heterocycles. The SMILES string of the molecule is COc1ccccc1OCC(=O)NCC1CN(C(C)C)C(=O)O1. The Labute approximate surface area is 135 Å². The van der Waals surface area contributed by atoms with Gasteiger partial charge in [-0.25, -0.2) is 4.79 Å². The van der Waals surface area contributed by atoms with Crippen molar-refractivity contribution in [1.82, 2.24) is 10.2 Å². The number of carbonyl (C=O) groups excluding carboxylic acids is 2. The summed E-state index contributed by atoms with van der Waals surface area (Å²) in [6, 6.07) is 7.18. The van der Waals surface area contributed by atoms with Gasteiger partial charge in [-0.3, -0.25) is 4.79 Å². The van der Waals surface area contributed by atoms with E-state index >= 15 is 0 Å². The third-order valence-corrected chi connectivity index (χ3v) is 3.48. The summed E-state index contributed by atoms with van der Waals surface area (Å²) in [6.45, 7) is 4.45. The summed E-state index contributed by atoms with van der Waals surface area (Å²) < 4.78 is 15.8. The van der Waals surface area contributed by atoms with Crippen LogP contribution in [0.3, 0.4) is 0 Å². The molecule has 1 saturated heterocycles. The molecule has 1 aliphatic heterocycles. The summed E-state index contributed by atoms with van der Waals surface area (Å²) in [5, 5.41) is 2.70. The van der Waals surface area contributed by atoms with Crippen LogP contribution in [0, 0.1) is 0 Å². The van der Waals surface area contributed by atoms with Gasteiger partial charge in [0.25, 0.3) is 5.91 Å². The van der Waals surface area contributed by atoms with Crippen LogP contribution in [-0.4, -0.2) is 55.9 Å². The van der Waals surface area contributed by atoms with E-state index in [0.29, 0.717) is 18.0 Å². The molecule has 0 spiro atoms. The van der Waals surface area contributed by atoms with Gasteiger partial charge in [0.2, 0.25) is 0 Å². The van der Waals surface area contributed by atoms with E-state index in [0.717, 1.165) is 0 Å². The topological polar surface area (TPSA) is 77.1 Å².